The first-order valence-corrected chi connectivity index (χ1v) is 10.6. The molecule has 0 radical (unpaired) electrons. The molecular weight excluding hydrogens is 402 g/mol. The average Bonchev–Trinajstić information content (AvgIpc) is 3.22. The van der Waals surface area contributed by atoms with Gasteiger partial charge in [-0.15, -0.1) is 0 Å². The number of urea groups is 1. The second-order valence-corrected chi connectivity index (χ2v) is 7.81. The Morgan fingerprint density at radius 1 is 0.969 bits per heavy atom. The molecule has 32 heavy (non-hydrogen) atoms. The van der Waals surface area contributed by atoms with Crippen molar-refractivity contribution in [2.45, 2.75) is 12.5 Å². The number of fused-ring (bicyclic) bond motifs is 3. The van der Waals surface area contributed by atoms with Gasteiger partial charge in [0.15, 0.2) is 0 Å². The van der Waals surface area contributed by atoms with Crippen molar-refractivity contribution in [3.8, 4) is 11.5 Å². The number of amides is 2. The van der Waals surface area contributed by atoms with Crippen LogP contribution in [0.15, 0.2) is 72.8 Å². The summed E-state index contributed by atoms with van der Waals surface area (Å²) in [6.07, 6.45) is 0.783. The highest BCUT2D eigenvalue weighted by atomic mass is 16.5. The molecule has 1 aliphatic rings. The van der Waals surface area contributed by atoms with E-state index in [2.05, 4.69) is 28.5 Å². The van der Waals surface area contributed by atoms with Crippen LogP contribution in [-0.4, -0.2) is 36.7 Å². The maximum atomic E-state index is 13.5. The zero-order chi connectivity index (χ0) is 22.1. The molecule has 2 amide bonds. The Bertz CT molecular complexity index is 1260. The average molecular weight is 428 g/mol. The molecule has 0 aliphatic carbocycles. The van der Waals surface area contributed by atoms with Crippen LogP contribution in [0.3, 0.4) is 0 Å². The van der Waals surface area contributed by atoms with Crippen LogP contribution < -0.4 is 14.8 Å². The minimum Gasteiger partial charge on any atom is -0.497 e. The molecule has 6 heteroatoms. The Kier molecular flexibility index (Phi) is 5.19. The molecule has 6 nitrogen and oxygen atoms in total. The fourth-order valence-corrected chi connectivity index (χ4v) is 4.53. The van der Waals surface area contributed by atoms with Gasteiger partial charge in [-0.05, 0) is 47.9 Å². The van der Waals surface area contributed by atoms with Gasteiger partial charge >= 0.3 is 6.03 Å². The Labute approximate surface area is 186 Å². The van der Waals surface area contributed by atoms with Gasteiger partial charge < -0.3 is 24.7 Å². The molecule has 1 aliphatic heterocycles. The summed E-state index contributed by atoms with van der Waals surface area (Å²) >= 11 is 0. The quantitative estimate of drug-likeness (QED) is 0.460. The highest BCUT2D eigenvalue weighted by molar-refractivity contribution is 5.92. The smallest absolute Gasteiger partial charge is 0.322 e. The van der Waals surface area contributed by atoms with Crippen molar-refractivity contribution < 1.29 is 14.3 Å². The van der Waals surface area contributed by atoms with E-state index >= 15 is 0 Å². The van der Waals surface area contributed by atoms with Gasteiger partial charge in [-0.25, -0.2) is 4.79 Å². The molecule has 162 valence electrons. The maximum Gasteiger partial charge on any atom is 0.322 e. The van der Waals surface area contributed by atoms with Gasteiger partial charge in [0, 0.05) is 23.1 Å². The lowest BCUT2D eigenvalue weighted by molar-refractivity contribution is 0.193. The summed E-state index contributed by atoms with van der Waals surface area (Å²) < 4.78 is 10.8. The molecule has 0 fully saturated rings. The van der Waals surface area contributed by atoms with Gasteiger partial charge in [0.1, 0.15) is 11.5 Å². The van der Waals surface area contributed by atoms with E-state index in [1.54, 1.807) is 14.2 Å². The molecule has 0 saturated heterocycles. The van der Waals surface area contributed by atoms with E-state index in [1.807, 2.05) is 59.5 Å². The van der Waals surface area contributed by atoms with E-state index < -0.39 is 0 Å². The Morgan fingerprint density at radius 3 is 2.50 bits per heavy atom. The van der Waals surface area contributed by atoms with Gasteiger partial charge in [-0.2, -0.15) is 0 Å². The predicted molar refractivity (Wildman–Crippen MR) is 126 cm³/mol. The Hall–Kier alpha value is -3.93. The molecule has 5 rings (SSSR count). The van der Waals surface area contributed by atoms with Crippen LogP contribution in [0.4, 0.5) is 10.5 Å². The minimum absolute atomic E-state index is 0.167. The number of para-hydroxylation sites is 3. The topological polar surface area (TPSA) is 66.6 Å². The fraction of sp³-hybridized carbons (Fsp3) is 0.192. The first kappa shape index (κ1) is 20.0. The normalized spacial score (nSPS) is 15.3. The number of benzene rings is 3. The molecule has 0 spiro atoms. The zero-order valence-electron chi connectivity index (χ0n) is 18.1. The van der Waals surface area contributed by atoms with Crippen LogP contribution in [0, 0.1) is 0 Å². The SMILES string of the molecule is COc1ccc(C2c3[nH]c4ccccc4c3CCN2C(=O)Nc2ccccc2OC)cc1. The number of hydrogen-bond donors (Lipinski definition) is 2. The number of methoxy groups -OCH3 is 2. The monoisotopic (exact) mass is 427 g/mol. The molecule has 2 N–H and O–H groups in total. The molecule has 1 aromatic heterocycles. The van der Waals surface area contributed by atoms with Crippen molar-refractivity contribution in [1.29, 1.82) is 0 Å². The van der Waals surface area contributed by atoms with E-state index in [1.165, 1.54) is 10.9 Å². The summed E-state index contributed by atoms with van der Waals surface area (Å²) in [7, 11) is 3.25. The van der Waals surface area contributed by atoms with Gasteiger partial charge in [0.05, 0.1) is 25.9 Å². The van der Waals surface area contributed by atoms with Crippen molar-refractivity contribution in [2.75, 3.05) is 26.1 Å². The second kappa shape index (κ2) is 8.30. The predicted octanol–water partition coefficient (Wildman–Crippen LogP) is 5.36. The van der Waals surface area contributed by atoms with Crippen molar-refractivity contribution >= 4 is 22.6 Å². The maximum absolute atomic E-state index is 13.5. The van der Waals surface area contributed by atoms with Crippen LogP contribution in [0.25, 0.3) is 10.9 Å². The van der Waals surface area contributed by atoms with Gasteiger partial charge in [-0.3, -0.25) is 0 Å². The van der Waals surface area contributed by atoms with Crippen LogP contribution in [0.5, 0.6) is 11.5 Å². The van der Waals surface area contributed by atoms with E-state index in [4.69, 9.17) is 9.47 Å². The number of rotatable bonds is 4. The number of nitrogens with zero attached hydrogens (tertiary/aromatic N) is 1. The lowest BCUT2D eigenvalue weighted by Gasteiger charge is -2.36. The summed E-state index contributed by atoms with van der Waals surface area (Å²) in [5.74, 6) is 1.41. The lowest BCUT2D eigenvalue weighted by Crippen LogP contribution is -2.43. The first-order valence-electron chi connectivity index (χ1n) is 10.6. The number of nitrogens with one attached hydrogen (secondary N) is 2. The highest BCUT2D eigenvalue weighted by Crippen LogP contribution is 2.39. The van der Waals surface area contributed by atoms with Crippen molar-refractivity contribution in [2.24, 2.45) is 0 Å². The van der Waals surface area contributed by atoms with Crippen molar-refractivity contribution in [1.82, 2.24) is 9.88 Å². The number of H-pyrrole nitrogens is 1. The standard InChI is InChI=1S/C26H25N3O3/c1-31-18-13-11-17(12-14-18)25-24-20(19-7-3-4-8-21(19)27-24)15-16-29(25)26(30)28-22-9-5-6-10-23(22)32-2/h3-14,25,27H,15-16H2,1-2H3,(H,28,30). The van der Waals surface area contributed by atoms with Crippen LogP contribution in [0.1, 0.15) is 22.9 Å². The molecular formula is C26H25N3O3. The third-order valence-electron chi connectivity index (χ3n) is 6.08. The second-order valence-electron chi connectivity index (χ2n) is 7.81. The zero-order valence-corrected chi connectivity index (χ0v) is 18.1. The number of anilines is 1. The summed E-state index contributed by atoms with van der Waals surface area (Å²) in [6, 6.07) is 23.2. The van der Waals surface area contributed by atoms with E-state index in [0.717, 1.165) is 28.9 Å². The van der Waals surface area contributed by atoms with Crippen LogP contribution in [0.2, 0.25) is 0 Å². The molecule has 2 heterocycles. The minimum atomic E-state index is -0.244. The molecule has 3 aromatic carbocycles. The van der Waals surface area contributed by atoms with Gasteiger partial charge in [0.2, 0.25) is 0 Å². The van der Waals surface area contributed by atoms with E-state index in [9.17, 15) is 4.79 Å². The summed E-state index contributed by atoms with van der Waals surface area (Å²) in [4.78, 5) is 19.0. The van der Waals surface area contributed by atoms with Gasteiger partial charge in [0.25, 0.3) is 0 Å². The Balaban J connectivity index is 1.57. The van der Waals surface area contributed by atoms with E-state index in [0.29, 0.717) is 18.0 Å². The number of carbonyl (C=O) groups is 1. The summed E-state index contributed by atoms with van der Waals surface area (Å²) in [5, 5.41) is 4.26. The molecule has 1 unspecified atom stereocenters. The summed E-state index contributed by atoms with van der Waals surface area (Å²) in [6.45, 7) is 0.604. The van der Waals surface area contributed by atoms with Crippen molar-refractivity contribution in [3.05, 3.63) is 89.6 Å². The number of aromatic nitrogens is 1. The lowest BCUT2D eigenvalue weighted by atomic mass is 9.92. The summed E-state index contributed by atoms with van der Waals surface area (Å²) in [5.41, 5.74) is 5.08. The van der Waals surface area contributed by atoms with E-state index in [-0.39, 0.29) is 12.1 Å². The molecule has 4 aromatic rings. The number of aromatic amines is 1. The third kappa shape index (κ3) is 3.43. The largest absolute Gasteiger partial charge is 0.497 e. The fourth-order valence-electron chi connectivity index (χ4n) is 4.53. The van der Waals surface area contributed by atoms with Gasteiger partial charge in [-0.1, -0.05) is 42.5 Å². The first-order chi connectivity index (χ1) is 15.7. The van der Waals surface area contributed by atoms with Crippen LogP contribution in [-0.2, 0) is 6.42 Å². The number of hydrogen-bond acceptors (Lipinski definition) is 3. The molecule has 0 bridgehead atoms. The Morgan fingerprint density at radius 2 is 1.72 bits per heavy atom. The third-order valence-corrected chi connectivity index (χ3v) is 6.08. The molecule has 0 saturated carbocycles. The van der Waals surface area contributed by atoms with Crippen molar-refractivity contribution in [3.63, 3.8) is 0 Å². The number of carbonyl (C=O) groups excluding carboxylic acids is 1. The van der Waals surface area contributed by atoms with Crippen LogP contribution >= 0.6 is 0 Å². The highest BCUT2D eigenvalue weighted by Gasteiger charge is 2.34. The number of ether oxygens (including phenoxy) is 2. The molecule has 1 atom stereocenters.